The van der Waals surface area contributed by atoms with Gasteiger partial charge in [-0.05, 0) is 51.1 Å². The van der Waals surface area contributed by atoms with Crippen LogP contribution in [0, 0.1) is 0 Å². The first kappa shape index (κ1) is 23.9. The van der Waals surface area contributed by atoms with Crippen molar-refractivity contribution in [2.24, 2.45) is 0 Å². The lowest BCUT2D eigenvalue weighted by Gasteiger charge is -2.49. The third-order valence-corrected chi connectivity index (χ3v) is 24.5. The number of alkyl halides is 4. The summed E-state index contributed by atoms with van der Waals surface area (Å²) in [7, 11) is -10.3. The molecule has 0 aromatic carbocycles. The van der Waals surface area contributed by atoms with Crippen molar-refractivity contribution in [3.8, 4) is 0 Å². The molecule has 0 amide bonds. The molecule has 0 spiro atoms. The zero-order chi connectivity index (χ0) is 18.5. The van der Waals surface area contributed by atoms with E-state index in [0.29, 0.717) is 22.8 Å². The smallest absolute Gasteiger partial charge is 0.332 e. The van der Waals surface area contributed by atoms with Gasteiger partial charge in [0, 0.05) is 11.8 Å². The molecule has 0 radical (unpaired) electrons. The molecule has 1 heterocycles. The van der Waals surface area contributed by atoms with Crippen molar-refractivity contribution in [1.29, 1.82) is 0 Å². The fraction of sp³-hybridized carbons (Fsp3) is 1.00. The van der Waals surface area contributed by atoms with Crippen LogP contribution in [0.1, 0.15) is 12.8 Å². The second kappa shape index (κ2) is 9.88. The highest BCUT2D eigenvalue weighted by atomic mass is 35.5. The summed E-state index contributed by atoms with van der Waals surface area (Å²) in [6, 6.07) is 1.59. The highest BCUT2D eigenvalue weighted by Gasteiger charge is 2.56. The van der Waals surface area contributed by atoms with Gasteiger partial charge in [-0.2, -0.15) is 0 Å². The molecule has 0 aliphatic carbocycles. The van der Waals surface area contributed by atoms with Crippen LogP contribution in [0.2, 0.25) is 38.3 Å². The Kier molecular flexibility index (Phi) is 9.84. The average Bonchev–Trinajstić information content (AvgIpc) is 2.49. The third kappa shape index (κ3) is 7.12. The summed E-state index contributed by atoms with van der Waals surface area (Å²) in [6.45, 7) is 8.08. The monoisotopic (exact) mass is 488 g/mol. The molecule has 144 valence electrons. The standard InChI is InChI=1S/C12H28Cl4O4Si4/c1-21(9-5-7-13)17-22(2,10-6-8-14)19-24(4,12-16)20-23(3,11-15)18-21/h5-12H2,1-4H3. The van der Waals surface area contributed by atoms with Crippen LogP contribution in [0.5, 0.6) is 0 Å². The molecular weight excluding hydrogens is 462 g/mol. The van der Waals surface area contributed by atoms with Gasteiger partial charge in [0.05, 0.1) is 11.0 Å². The number of hydrogen-bond acceptors (Lipinski definition) is 4. The highest BCUT2D eigenvalue weighted by molar-refractivity contribution is 6.96. The quantitative estimate of drug-likeness (QED) is 0.348. The maximum absolute atomic E-state index is 6.65. The molecule has 4 unspecified atom stereocenters. The number of hydrogen-bond donors (Lipinski definition) is 0. The molecule has 4 nitrogen and oxygen atoms in total. The fourth-order valence-electron chi connectivity index (χ4n) is 3.00. The van der Waals surface area contributed by atoms with Gasteiger partial charge in [-0.15, -0.1) is 46.4 Å². The predicted octanol–water partition coefficient (Wildman–Crippen LogP) is 5.17. The maximum atomic E-state index is 6.65. The van der Waals surface area contributed by atoms with Gasteiger partial charge in [0.15, 0.2) is 0 Å². The van der Waals surface area contributed by atoms with Crippen molar-refractivity contribution >= 4 is 80.6 Å². The van der Waals surface area contributed by atoms with Crippen molar-refractivity contribution in [3.05, 3.63) is 0 Å². The SMILES string of the molecule is C[Si]1(CCl)O[Si](C)(CCl)O[Si](C)(CCCCl)O[Si](C)(CCCCl)O1. The summed E-state index contributed by atoms with van der Waals surface area (Å²) in [4.78, 5) is 0. The van der Waals surface area contributed by atoms with Gasteiger partial charge in [0.2, 0.25) is 0 Å². The van der Waals surface area contributed by atoms with Crippen LogP contribution in [-0.4, -0.2) is 57.0 Å². The summed E-state index contributed by atoms with van der Waals surface area (Å²) in [5.41, 5.74) is 0.644. The predicted molar refractivity (Wildman–Crippen MR) is 113 cm³/mol. The van der Waals surface area contributed by atoms with Gasteiger partial charge >= 0.3 is 34.2 Å². The second-order valence-corrected chi connectivity index (χ2v) is 23.0. The molecule has 1 aliphatic heterocycles. The maximum Gasteiger partial charge on any atom is 0.332 e. The summed E-state index contributed by atoms with van der Waals surface area (Å²) < 4.78 is 26.1. The van der Waals surface area contributed by atoms with Crippen molar-refractivity contribution in [3.63, 3.8) is 0 Å². The molecule has 4 atom stereocenters. The van der Waals surface area contributed by atoms with E-state index in [2.05, 4.69) is 13.1 Å². The lowest BCUT2D eigenvalue weighted by Crippen LogP contribution is -2.68. The Bertz CT molecular complexity index is 381. The van der Waals surface area contributed by atoms with Crippen molar-refractivity contribution in [2.75, 3.05) is 22.8 Å². The van der Waals surface area contributed by atoms with Crippen LogP contribution >= 0.6 is 46.4 Å². The minimum Gasteiger partial charge on any atom is -0.416 e. The van der Waals surface area contributed by atoms with Crippen molar-refractivity contribution in [2.45, 2.75) is 51.1 Å². The Morgan fingerprint density at radius 2 is 0.833 bits per heavy atom. The minimum atomic E-state index is -2.62. The topological polar surface area (TPSA) is 36.9 Å². The van der Waals surface area contributed by atoms with Crippen LogP contribution in [0.4, 0.5) is 0 Å². The van der Waals surface area contributed by atoms with Crippen LogP contribution in [0.25, 0.3) is 0 Å². The molecule has 24 heavy (non-hydrogen) atoms. The van der Waals surface area contributed by atoms with E-state index in [1.54, 1.807) is 0 Å². The molecule has 0 aromatic rings. The lowest BCUT2D eigenvalue weighted by atomic mass is 10.6. The molecular formula is C12H28Cl4O4Si4. The highest BCUT2D eigenvalue weighted by Crippen LogP contribution is 2.36. The van der Waals surface area contributed by atoms with Crippen LogP contribution in [0.3, 0.4) is 0 Å². The number of rotatable bonds is 8. The Balaban J connectivity index is 3.17. The van der Waals surface area contributed by atoms with E-state index in [1.165, 1.54) is 0 Å². The molecule has 1 aliphatic rings. The molecule has 0 N–H and O–H groups in total. The molecule has 0 saturated carbocycles. The largest absolute Gasteiger partial charge is 0.416 e. The summed E-state index contributed by atoms with van der Waals surface area (Å²) in [5.74, 6) is 1.15. The van der Waals surface area contributed by atoms with E-state index in [9.17, 15) is 0 Å². The van der Waals surface area contributed by atoms with E-state index in [1.807, 2.05) is 13.1 Å². The van der Waals surface area contributed by atoms with Crippen molar-refractivity contribution < 1.29 is 16.5 Å². The Morgan fingerprint density at radius 1 is 0.542 bits per heavy atom. The van der Waals surface area contributed by atoms with E-state index in [4.69, 9.17) is 62.9 Å². The average molecular weight is 491 g/mol. The van der Waals surface area contributed by atoms with Gasteiger partial charge in [0.25, 0.3) is 0 Å². The van der Waals surface area contributed by atoms with E-state index in [-0.39, 0.29) is 0 Å². The lowest BCUT2D eigenvalue weighted by molar-refractivity contribution is 0.228. The summed E-state index contributed by atoms with van der Waals surface area (Å²) in [6.07, 6.45) is 1.67. The zero-order valence-electron chi connectivity index (χ0n) is 14.8. The second-order valence-electron chi connectivity index (χ2n) is 6.80. The van der Waals surface area contributed by atoms with Gasteiger partial charge in [-0.3, -0.25) is 0 Å². The van der Waals surface area contributed by atoms with Crippen LogP contribution in [-0.2, 0) is 16.5 Å². The first-order valence-corrected chi connectivity index (χ1v) is 20.3. The zero-order valence-corrected chi connectivity index (χ0v) is 21.8. The molecule has 1 rings (SSSR count). The normalized spacial score (nSPS) is 41.0. The van der Waals surface area contributed by atoms with Gasteiger partial charge < -0.3 is 16.5 Å². The Morgan fingerprint density at radius 3 is 1.12 bits per heavy atom. The van der Waals surface area contributed by atoms with E-state index in [0.717, 1.165) is 24.9 Å². The number of halogens is 4. The third-order valence-electron chi connectivity index (χ3n) is 3.74. The van der Waals surface area contributed by atoms with E-state index >= 15 is 0 Å². The first-order valence-electron chi connectivity index (χ1n) is 8.12. The molecule has 1 fully saturated rings. The van der Waals surface area contributed by atoms with Crippen LogP contribution in [0.15, 0.2) is 0 Å². The van der Waals surface area contributed by atoms with Gasteiger partial charge in [-0.1, -0.05) is 0 Å². The molecule has 0 bridgehead atoms. The first-order chi connectivity index (χ1) is 11.1. The Hall–Kier alpha value is 1.87. The minimum absolute atomic E-state index is 0.322. The fourth-order valence-corrected chi connectivity index (χ4v) is 26.6. The van der Waals surface area contributed by atoms with Crippen LogP contribution < -0.4 is 0 Å². The van der Waals surface area contributed by atoms with Crippen molar-refractivity contribution in [1.82, 2.24) is 0 Å². The van der Waals surface area contributed by atoms with Gasteiger partial charge in [-0.25, -0.2) is 0 Å². The summed E-state index contributed by atoms with van der Waals surface area (Å²) in [5, 5.41) is 0. The molecule has 12 heteroatoms. The van der Waals surface area contributed by atoms with Gasteiger partial charge in [0.1, 0.15) is 0 Å². The van der Waals surface area contributed by atoms with E-state index < -0.39 is 34.2 Å². The Labute approximate surface area is 170 Å². The molecule has 0 aromatic heterocycles. The molecule has 1 saturated heterocycles. The summed E-state index contributed by atoms with van der Waals surface area (Å²) >= 11 is 24.2.